The molecular formula is C19H23Cl2N3O3S. The molecule has 0 saturated heterocycles. The first kappa shape index (κ1) is 22.5. The van der Waals surface area contributed by atoms with Crippen LogP contribution in [-0.2, 0) is 16.6 Å². The largest absolute Gasteiger partial charge is 0.352 e. The number of unbranched alkanes of at least 4 members (excludes halogenated alkanes) is 1. The summed E-state index contributed by atoms with van der Waals surface area (Å²) in [5.74, 6) is -0.215. The van der Waals surface area contributed by atoms with Crippen LogP contribution >= 0.6 is 23.2 Å². The maximum absolute atomic E-state index is 12.3. The Morgan fingerprint density at radius 1 is 1.11 bits per heavy atom. The molecule has 1 amide bonds. The molecule has 9 heteroatoms. The van der Waals surface area contributed by atoms with Gasteiger partial charge in [-0.15, -0.1) is 0 Å². The van der Waals surface area contributed by atoms with Crippen LogP contribution in [0.3, 0.4) is 0 Å². The van der Waals surface area contributed by atoms with Gasteiger partial charge >= 0.3 is 0 Å². The third-order valence-electron chi connectivity index (χ3n) is 4.08. The molecule has 2 rings (SSSR count). The van der Waals surface area contributed by atoms with Gasteiger partial charge in [0.25, 0.3) is 5.91 Å². The molecule has 0 radical (unpaired) electrons. The fraction of sp³-hybridized carbons (Fsp3) is 0.316. The Labute approximate surface area is 175 Å². The van der Waals surface area contributed by atoms with Crippen molar-refractivity contribution in [2.75, 3.05) is 23.7 Å². The standard InChI is InChI=1S/C19H23Cl2N3O3S/c1-28(26,27)24(13-15-5-4-6-17(20)18(15)21)16-9-7-14(8-10-16)19(25)23-12-3-2-11-22/h4-10H,2-3,11-13,22H2,1H3,(H,23,25). The van der Waals surface area contributed by atoms with Crippen LogP contribution in [0.25, 0.3) is 0 Å². The van der Waals surface area contributed by atoms with Crippen molar-refractivity contribution in [1.29, 1.82) is 0 Å². The SMILES string of the molecule is CS(=O)(=O)N(Cc1cccc(Cl)c1Cl)c1ccc(C(=O)NCCCCN)cc1. The Bertz CT molecular complexity index is 919. The van der Waals surface area contributed by atoms with Crippen LogP contribution in [0.1, 0.15) is 28.8 Å². The zero-order valence-electron chi connectivity index (χ0n) is 15.5. The van der Waals surface area contributed by atoms with E-state index < -0.39 is 10.0 Å². The molecule has 0 bridgehead atoms. The average Bonchev–Trinajstić information content (AvgIpc) is 2.65. The fourth-order valence-electron chi connectivity index (χ4n) is 2.58. The number of hydrogen-bond acceptors (Lipinski definition) is 4. The number of nitrogens with zero attached hydrogens (tertiary/aromatic N) is 1. The Kier molecular flexibility index (Phi) is 8.12. The van der Waals surface area contributed by atoms with E-state index >= 15 is 0 Å². The van der Waals surface area contributed by atoms with Crippen molar-refractivity contribution in [2.45, 2.75) is 19.4 Å². The van der Waals surface area contributed by atoms with E-state index in [4.69, 9.17) is 28.9 Å². The van der Waals surface area contributed by atoms with E-state index in [-0.39, 0.29) is 12.5 Å². The van der Waals surface area contributed by atoms with Gasteiger partial charge in [0.05, 0.1) is 28.5 Å². The second-order valence-corrected chi connectivity index (χ2v) is 8.97. The van der Waals surface area contributed by atoms with Crippen LogP contribution in [0, 0.1) is 0 Å². The molecule has 2 aromatic carbocycles. The third kappa shape index (κ3) is 6.10. The third-order valence-corrected chi connectivity index (χ3v) is 6.08. The van der Waals surface area contributed by atoms with Crippen LogP contribution in [-0.4, -0.2) is 33.7 Å². The lowest BCUT2D eigenvalue weighted by Gasteiger charge is -2.23. The minimum absolute atomic E-state index is 0.0306. The quantitative estimate of drug-likeness (QED) is 0.580. The van der Waals surface area contributed by atoms with Gasteiger partial charge in [-0.3, -0.25) is 9.10 Å². The molecule has 0 fully saturated rings. The molecule has 0 aromatic heterocycles. The highest BCUT2D eigenvalue weighted by atomic mass is 35.5. The van der Waals surface area contributed by atoms with Crippen molar-refractivity contribution in [2.24, 2.45) is 5.73 Å². The molecule has 152 valence electrons. The summed E-state index contributed by atoms with van der Waals surface area (Å²) in [6.45, 7) is 1.16. The summed E-state index contributed by atoms with van der Waals surface area (Å²) >= 11 is 12.2. The highest BCUT2D eigenvalue weighted by Crippen LogP contribution is 2.29. The van der Waals surface area contributed by atoms with Crippen molar-refractivity contribution in [3.63, 3.8) is 0 Å². The minimum Gasteiger partial charge on any atom is -0.352 e. The van der Waals surface area contributed by atoms with E-state index in [0.717, 1.165) is 19.1 Å². The lowest BCUT2D eigenvalue weighted by atomic mass is 10.1. The Morgan fingerprint density at radius 2 is 1.79 bits per heavy atom. The van der Waals surface area contributed by atoms with Crippen molar-refractivity contribution in [1.82, 2.24) is 5.32 Å². The van der Waals surface area contributed by atoms with Gasteiger partial charge in [0, 0.05) is 12.1 Å². The van der Waals surface area contributed by atoms with Crippen molar-refractivity contribution < 1.29 is 13.2 Å². The number of nitrogens with two attached hydrogens (primary N) is 1. The molecular weight excluding hydrogens is 421 g/mol. The van der Waals surface area contributed by atoms with Gasteiger partial charge in [-0.1, -0.05) is 35.3 Å². The predicted octanol–water partition coefficient (Wildman–Crippen LogP) is 3.43. The first-order chi connectivity index (χ1) is 13.2. The molecule has 6 nitrogen and oxygen atoms in total. The van der Waals surface area contributed by atoms with E-state index in [2.05, 4.69) is 5.32 Å². The fourth-order valence-corrected chi connectivity index (χ4v) is 3.84. The number of anilines is 1. The molecule has 0 atom stereocenters. The number of sulfonamides is 1. The van der Waals surface area contributed by atoms with Gasteiger partial charge in [0.15, 0.2) is 0 Å². The van der Waals surface area contributed by atoms with Crippen molar-refractivity contribution in [3.05, 3.63) is 63.6 Å². The summed E-state index contributed by atoms with van der Waals surface area (Å²) in [6, 6.07) is 11.4. The van der Waals surface area contributed by atoms with Crippen molar-refractivity contribution >= 4 is 44.8 Å². The predicted molar refractivity (Wildman–Crippen MR) is 115 cm³/mol. The molecule has 0 unspecified atom stereocenters. The van der Waals surface area contributed by atoms with Gasteiger partial charge in [-0.2, -0.15) is 0 Å². The number of halogens is 2. The maximum Gasteiger partial charge on any atom is 0.251 e. The topological polar surface area (TPSA) is 92.5 Å². The molecule has 0 spiro atoms. The van der Waals surface area contributed by atoms with Crippen LogP contribution in [0.2, 0.25) is 10.0 Å². The number of carbonyl (C=O) groups is 1. The first-order valence-corrected chi connectivity index (χ1v) is 11.3. The molecule has 3 N–H and O–H groups in total. The monoisotopic (exact) mass is 443 g/mol. The second kappa shape index (κ2) is 10.1. The average molecular weight is 444 g/mol. The number of nitrogens with one attached hydrogen (secondary N) is 1. The maximum atomic E-state index is 12.3. The number of rotatable bonds is 9. The van der Waals surface area contributed by atoms with Crippen LogP contribution in [0.5, 0.6) is 0 Å². The van der Waals surface area contributed by atoms with Crippen LogP contribution in [0.15, 0.2) is 42.5 Å². The van der Waals surface area contributed by atoms with E-state index in [9.17, 15) is 13.2 Å². The van der Waals surface area contributed by atoms with Gasteiger partial charge in [0.2, 0.25) is 10.0 Å². The zero-order valence-corrected chi connectivity index (χ0v) is 17.8. The lowest BCUT2D eigenvalue weighted by molar-refractivity contribution is 0.0953. The van der Waals surface area contributed by atoms with Gasteiger partial charge in [-0.25, -0.2) is 8.42 Å². The first-order valence-electron chi connectivity index (χ1n) is 8.73. The summed E-state index contributed by atoms with van der Waals surface area (Å²) in [4.78, 5) is 12.2. The highest BCUT2D eigenvalue weighted by molar-refractivity contribution is 7.92. The van der Waals surface area contributed by atoms with Gasteiger partial charge < -0.3 is 11.1 Å². The summed E-state index contributed by atoms with van der Waals surface area (Å²) in [5, 5.41) is 3.47. The summed E-state index contributed by atoms with van der Waals surface area (Å²) in [7, 11) is -3.58. The number of hydrogen-bond donors (Lipinski definition) is 2. The second-order valence-electron chi connectivity index (χ2n) is 6.28. The highest BCUT2D eigenvalue weighted by Gasteiger charge is 2.20. The Balaban J connectivity index is 2.19. The molecule has 28 heavy (non-hydrogen) atoms. The van der Waals surface area contributed by atoms with E-state index in [1.54, 1.807) is 42.5 Å². The number of benzene rings is 2. The Hall–Kier alpha value is -1.80. The van der Waals surface area contributed by atoms with E-state index in [1.807, 2.05) is 0 Å². The zero-order chi connectivity index (χ0) is 20.7. The molecule has 0 aliphatic carbocycles. The van der Waals surface area contributed by atoms with Crippen LogP contribution < -0.4 is 15.4 Å². The normalized spacial score (nSPS) is 11.3. The summed E-state index contributed by atoms with van der Waals surface area (Å²) in [6.07, 6.45) is 2.76. The number of carbonyl (C=O) groups excluding carboxylic acids is 1. The molecule has 0 aliphatic heterocycles. The molecule has 0 saturated carbocycles. The van der Waals surface area contributed by atoms with Gasteiger partial charge in [-0.05, 0) is 55.3 Å². The minimum atomic E-state index is -3.58. The molecule has 2 aromatic rings. The summed E-state index contributed by atoms with van der Waals surface area (Å²) in [5.41, 5.74) is 6.89. The molecule has 0 heterocycles. The van der Waals surface area contributed by atoms with E-state index in [1.165, 1.54) is 4.31 Å². The van der Waals surface area contributed by atoms with Gasteiger partial charge in [0.1, 0.15) is 0 Å². The Morgan fingerprint density at radius 3 is 2.39 bits per heavy atom. The number of amides is 1. The van der Waals surface area contributed by atoms with Crippen LogP contribution in [0.4, 0.5) is 5.69 Å². The van der Waals surface area contributed by atoms with Crippen molar-refractivity contribution in [3.8, 4) is 0 Å². The lowest BCUT2D eigenvalue weighted by Crippen LogP contribution is -2.29. The molecule has 0 aliphatic rings. The summed E-state index contributed by atoms with van der Waals surface area (Å²) < 4.78 is 25.8. The van der Waals surface area contributed by atoms with E-state index in [0.29, 0.717) is 39.9 Å². The smallest absolute Gasteiger partial charge is 0.251 e.